The zero-order chi connectivity index (χ0) is 22.9. The topological polar surface area (TPSA) is 87.5 Å². The molecule has 3 aromatic rings. The lowest BCUT2D eigenvalue weighted by atomic mass is 10.1. The Labute approximate surface area is 188 Å². The Hall–Kier alpha value is -3.39. The molecule has 0 aliphatic rings. The van der Waals surface area contributed by atoms with Crippen molar-refractivity contribution in [1.29, 1.82) is 0 Å². The molecule has 0 aliphatic carbocycles. The van der Waals surface area contributed by atoms with Crippen LogP contribution in [-0.2, 0) is 9.53 Å². The van der Waals surface area contributed by atoms with Crippen LogP contribution >= 0.6 is 0 Å². The van der Waals surface area contributed by atoms with Crippen molar-refractivity contribution in [3.05, 3.63) is 48.5 Å². The van der Waals surface area contributed by atoms with Gasteiger partial charge in [-0.25, -0.2) is 4.68 Å². The van der Waals surface area contributed by atoms with Crippen molar-refractivity contribution in [2.45, 2.75) is 27.2 Å². The van der Waals surface area contributed by atoms with Crippen LogP contribution in [0.5, 0.6) is 11.8 Å². The molecule has 2 aromatic carbocycles. The molecular weight excluding hydrogens is 408 g/mol. The van der Waals surface area contributed by atoms with Crippen molar-refractivity contribution in [3.63, 3.8) is 0 Å². The molecule has 0 saturated heterocycles. The Morgan fingerprint density at radius 3 is 2.69 bits per heavy atom. The van der Waals surface area contributed by atoms with Gasteiger partial charge in [0, 0.05) is 24.3 Å². The summed E-state index contributed by atoms with van der Waals surface area (Å²) in [6, 6.07) is 15.3. The number of nitrogens with one attached hydrogen (secondary N) is 1. The highest BCUT2D eigenvalue weighted by Crippen LogP contribution is 2.27. The normalized spacial score (nSPS) is 10.9. The summed E-state index contributed by atoms with van der Waals surface area (Å²) >= 11 is 0. The molecule has 32 heavy (non-hydrogen) atoms. The van der Waals surface area contributed by atoms with E-state index in [1.165, 1.54) is 0 Å². The number of carbonyl (C=O) groups is 1. The van der Waals surface area contributed by atoms with Gasteiger partial charge in [-0.3, -0.25) is 4.79 Å². The van der Waals surface area contributed by atoms with Crippen molar-refractivity contribution in [2.75, 3.05) is 32.2 Å². The van der Waals surface area contributed by atoms with Crippen LogP contribution in [0, 0.1) is 5.92 Å². The van der Waals surface area contributed by atoms with E-state index in [-0.39, 0.29) is 17.8 Å². The molecular formula is C24H30N4O4. The molecule has 8 heteroatoms. The zero-order valence-corrected chi connectivity index (χ0v) is 19.0. The summed E-state index contributed by atoms with van der Waals surface area (Å²) < 4.78 is 18.1. The van der Waals surface area contributed by atoms with Crippen LogP contribution in [0.15, 0.2) is 48.5 Å². The van der Waals surface area contributed by atoms with Crippen molar-refractivity contribution >= 4 is 11.6 Å². The van der Waals surface area contributed by atoms with Gasteiger partial charge >= 0.3 is 6.01 Å². The smallest absolute Gasteiger partial charge is 0.336 e. The number of methoxy groups -OCH3 is 1. The third kappa shape index (κ3) is 6.31. The van der Waals surface area contributed by atoms with Gasteiger partial charge in [-0.05, 0) is 43.2 Å². The fraction of sp³-hybridized carbons (Fsp3) is 0.375. The van der Waals surface area contributed by atoms with E-state index in [1.807, 2.05) is 69.3 Å². The maximum Gasteiger partial charge on any atom is 0.336 e. The van der Waals surface area contributed by atoms with E-state index >= 15 is 0 Å². The van der Waals surface area contributed by atoms with Gasteiger partial charge in [0.05, 0.1) is 19.4 Å². The Morgan fingerprint density at radius 2 is 1.94 bits per heavy atom. The Bertz CT molecular complexity index is 1030. The summed E-state index contributed by atoms with van der Waals surface area (Å²) in [5.41, 5.74) is 2.27. The van der Waals surface area contributed by atoms with Crippen molar-refractivity contribution in [2.24, 2.45) is 5.92 Å². The van der Waals surface area contributed by atoms with Crippen LogP contribution in [-0.4, -0.2) is 47.6 Å². The summed E-state index contributed by atoms with van der Waals surface area (Å²) in [5.74, 6) is 1.57. The first kappa shape index (κ1) is 23.3. The number of amides is 1. The van der Waals surface area contributed by atoms with Crippen molar-refractivity contribution in [1.82, 2.24) is 14.8 Å². The molecule has 0 spiro atoms. The van der Waals surface area contributed by atoms with Gasteiger partial charge in [0.1, 0.15) is 12.4 Å². The molecule has 1 N–H and O–H groups in total. The van der Waals surface area contributed by atoms with Gasteiger partial charge < -0.3 is 19.5 Å². The summed E-state index contributed by atoms with van der Waals surface area (Å²) in [4.78, 5) is 16.8. The molecule has 0 atom stereocenters. The quantitative estimate of drug-likeness (QED) is 0.448. The first-order chi connectivity index (χ1) is 15.5. The number of ether oxygens (including phenoxy) is 3. The number of carbonyl (C=O) groups excluding carboxylic acids is 1. The van der Waals surface area contributed by atoms with Crippen molar-refractivity contribution < 1.29 is 19.0 Å². The average Bonchev–Trinajstić information content (AvgIpc) is 3.21. The van der Waals surface area contributed by atoms with Gasteiger partial charge in [-0.1, -0.05) is 32.0 Å². The van der Waals surface area contributed by atoms with E-state index in [2.05, 4.69) is 15.4 Å². The number of hydrogen-bond acceptors (Lipinski definition) is 6. The number of rotatable bonds is 11. The number of aromatic nitrogens is 3. The first-order valence-electron chi connectivity index (χ1n) is 10.7. The minimum absolute atomic E-state index is 0.0243. The van der Waals surface area contributed by atoms with Crippen LogP contribution in [0.2, 0.25) is 0 Å². The second-order valence-corrected chi connectivity index (χ2v) is 7.60. The molecule has 0 bridgehead atoms. The number of benzene rings is 2. The summed E-state index contributed by atoms with van der Waals surface area (Å²) in [5, 5.41) is 7.50. The first-order valence-corrected chi connectivity index (χ1v) is 10.7. The van der Waals surface area contributed by atoms with E-state index in [0.717, 1.165) is 11.3 Å². The van der Waals surface area contributed by atoms with Crippen LogP contribution < -0.4 is 14.8 Å². The fourth-order valence-corrected chi connectivity index (χ4v) is 3.12. The van der Waals surface area contributed by atoms with Gasteiger partial charge in [0.15, 0.2) is 5.82 Å². The summed E-state index contributed by atoms with van der Waals surface area (Å²) in [7, 11) is 1.62. The highest BCUT2D eigenvalue weighted by atomic mass is 16.5. The molecule has 1 amide bonds. The maximum atomic E-state index is 12.2. The Morgan fingerprint density at radius 1 is 1.12 bits per heavy atom. The van der Waals surface area contributed by atoms with E-state index in [1.54, 1.807) is 11.8 Å². The van der Waals surface area contributed by atoms with E-state index < -0.39 is 0 Å². The standard InChI is InChI=1S/C24H30N4O4/c1-5-31-12-13-32-24-26-23(18-8-6-11-21(15-18)30-4)28(27-24)20-10-7-9-19(16-20)25-22(29)14-17(2)3/h6-11,15-17H,5,12-14H2,1-4H3,(H,25,29). The van der Waals surface area contributed by atoms with E-state index in [9.17, 15) is 4.79 Å². The third-order valence-electron chi connectivity index (χ3n) is 4.55. The number of nitrogens with zero attached hydrogens (tertiary/aromatic N) is 3. The lowest BCUT2D eigenvalue weighted by Crippen LogP contribution is -2.14. The minimum Gasteiger partial charge on any atom is -0.497 e. The molecule has 0 fully saturated rings. The molecule has 3 rings (SSSR count). The highest BCUT2D eigenvalue weighted by molar-refractivity contribution is 5.91. The number of anilines is 1. The molecule has 0 saturated carbocycles. The van der Waals surface area contributed by atoms with Gasteiger partial charge in [0.2, 0.25) is 5.91 Å². The second kappa shape index (κ2) is 11.3. The zero-order valence-electron chi connectivity index (χ0n) is 19.0. The van der Waals surface area contributed by atoms with Crippen LogP contribution in [0.3, 0.4) is 0 Å². The number of hydrogen-bond donors (Lipinski definition) is 1. The van der Waals surface area contributed by atoms with Gasteiger partial charge in [0.25, 0.3) is 0 Å². The van der Waals surface area contributed by atoms with Crippen LogP contribution in [0.1, 0.15) is 27.2 Å². The molecule has 0 radical (unpaired) electrons. The van der Waals surface area contributed by atoms with Crippen LogP contribution in [0.25, 0.3) is 17.1 Å². The Balaban J connectivity index is 1.94. The molecule has 1 heterocycles. The monoisotopic (exact) mass is 438 g/mol. The lowest BCUT2D eigenvalue weighted by molar-refractivity contribution is -0.116. The summed E-state index contributed by atoms with van der Waals surface area (Å²) in [6.45, 7) is 7.38. The molecule has 8 nitrogen and oxygen atoms in total. The highest BCUT2D eigenvalue weighted by Gasteiger charge is 2.16. The average molecular weight is 439 g/mol. The maximum absolute atomic E-state index is 12.2. The predicted octanol–water partition coefficient (Wildman–Crippen LogP) is 4.34. The summed E-state index contributed by atoms with van der Waals surface area (Å²) in [6.07, 6.45) is 0.459. The fourth-order valence-electron chi connectivity index (χ4n) is 3.12. The van der Waals surface area contributed by atoms with E-state index in [0.29, 0.717) is 43.5 Å². The largest absolute Gasteiger partial charge is 0.497 e. The van der Waals surface area contributed by atoms with Gasteiger partial charge in [-0.2, -0.15) is 4.98 Å². The van der Waals surface area contributed by atoms with Crippen molar-refractivity contribution in [3.8, 4) is 28.8 Å². The SMILES string of the molecule is CCOCCOc1nc(-c2cccc(OC)c2)n(-c2cccc(NC(=O)CC(C)C)c2)n1. The van der Waals surface area contributed by atoms with Gasteiger partial charge in [-0.15, -0.1) is 5.10 Å². The van der Waals surface area contributed by atoms with Crippen LogP contribution in [0.4, 0.5) is 5.69 Å². The lowest BCUT2D eigenvalue weighted by Gasteiger charge is -2.10. The predicted molar refractivity (Wildman–Crippen MR) is 123 cm³/mol. The molecule has 0 aliphatic heterocycles. The molecule has 1 aromatic heterocycles. The molecule has 0 unspecified atom stereocenters. The minimum atomic E-state index is -0.0243. The third-order valence-corrected chi connectivity index (χ3v) is 4.55. The second-order valence-electron chi connectivity index (χ2n) is 7.60. The Kier molecular flexibility index (Phi) is 8.21. The van der Waals surface area contributed by atoms with E-state index in [4.69, 9.17) is 14.2 Å². The molecule has 170 valence electrons.